The van der Waals surface area contributed by atoms with Crippen molar-refractivity contribution in [3.8, 4) is 0 Å². The van der Waals surface area contributed by atoms with Crippen molar-refractivity contribution in [1.82, 2.24) is 9.97 Å². The van der Waals surface area contributed by atoms with Crippen molar-refractivity contribution < 1.29 is 17.4 Å². The van der Waals surface area contributed by atoms with Crippen molar-refractivity contribution in [2.75, 3.05) is 0 Å². The Bertz CT molecular complexity index is 65.3. The molecule has 2 nitrogen and oxygen atoms in total. The minimum Gasteiger partial charge on any atom is -0.351 e. The number of rotatable bonds is 0. The molecule has 0 bridgehead atoms. The van der Waals surface area contributed by atoms with Gasteiger partial charge >= 0.3 is 0 Å². The van der Waals surface area contributed by atoms with Crippen molar-refractivity contribution in [3.05, 3.63) is 18.7 Å². The Hall–Kier alpha value is -0.258. The van der Waals surface area contributed by atoms with Crippen molar-refractivity contribution in [2.24, 2.45) is 0 Å². The van der Waals surface area contributed by atoms with Gasteiger partial charge in [-0.05, 0) is 0 Å². The zero-order valence-corrected chi connectivity index (χ0v) is 4.36. The molecule has 0 spiro atoms. The molecule has 0 aliphatic rings. The molecule has 0 saturated heterocycles. The van der Waals surface area contributed by atoms with Gasteiger partial charge in [0.1, 0.15) is 0 Å². The van der Waals surface area contributed by atoms with Gasteiger partial charge in [-0.1, -0.05) is 0 Å². The van der Waals surface area contributed by atoms with Gasteiger partial charge < -0.3 is 4.98 Å². The number of aromatic amines is 1. The fourth-order valence-corrected chi connectivity index (χ4v) is 0.215. The van der Waals surface area contributed by atoms with Crippen molar-refractivity contribution >= 4 is 0 Å². The molecule has 0 aliphatic carbocycles. The van der Waals surface area contributed by atoms with Crippen LogP contribution in [0.15, 0.2) is 18.7 Å². The summed E-state index contributed by atoms with van der Waals surface area (Å²) in [6, 6.07) is 0. The number of nitrogens with one attached hydrogen (secondary N) is 1. The van der Waals surface area contributed by atoms with Crippen LogP contribution in [0.3, 0.4) is 0 Å². The van der Waals surface area contributed by atoms with Crippen LogP contribution in [0.1, 0.15) is 0 Å². The van der Waals surface area contributed by atoms with Crippen LogP contribution in [0.25, 0.3) is 0 Å². The van der Waals surface area contributed by atoms with Gasteiger partial charge in [-0.25, -0.2) is 4.98 Å². The summed E-state index contributed by atoms with van der Waals surface area (Å²) < 4.78 is 0. The Morgan fingerprint density at radius 1 is 1.50 bits per heavy atom. The molecule has 32 valence electrons. The fraction of sp³-hybridized carbons (Fsp3) is 0. The quantitative estimate of drug-likeness (QED) is 0.527. The molecule has 0 aromatic carbocycles. The van der Waals surface area contributed by atoms with Crippen LogP contribution in [-0.2, 0) is 17.4 Å². The summed E-state index contributed by atoms with van der Waals surface area (Å²) in [5.74, 6) is 0. The molecular formula is C3H4CrN2. The van der Waals surface area contributed by atoms with Crippen LogP contribution in [0, 0.1) is 0 Å². The average Bonchev–Trinajstić information content (AvgIpc) is 1.76. The third kappa shape index (κ3) is 1.25. The van der Waals surface area contributed by atoms with E-state index in [1.54, 1.807) is 18.7 Å². The van der Waals surface area contributed by atoms with E-state index in [-0.39, 0.29) is 17.4 Å². The molecule has 0 radical (unpaired) electrons. The summed E-state index contributed by atoms with van der Waals surface area (Å²) in [6.07, 6.45) is 5.08. The van der Waals surface area contributed by atoms with E-state index < -0.39 is 0 Å². The summed E-state index contributed by atoms with van der Waals surface area (Å²) in [7, 11) is 0. The van der Waals surface area contributed by atoms with Gasteiger partial charge in [-0.2, -0.15) is 0 Å². The van der Waals surface area contributed by atoms with Gasteiger partial charge in [0.2, 0.25) is 0 Å². The monoisotopic (exact) mass is 120 g/mol. The van der Waals surface area contributed by atoms with Crippen molar-refractivity contribution in [1.29, 1.82) is 0 Å². The van der Waals surface area contributed by atoms with E-state index >= 15 is 0 Å². The number of hydrogen-bond donors (Lipinski definition) is 1. The summed E-state index contributed by atoms with van der Waals surface area (Å²) >= 11 is 0. The first-order chi connectivity index (χ1) is 2.50. The van der Waals surface area contributed by atoms with Crippen LogP contribution in [0.4, 0.5) is 0 Å². The Kier molecular flexibility index (Phi) is 2.83. The molecule has 0 unspecified atom stereocenters. The molecule has 1 rings (SSSR count). The molecule has 1 heterocycles. The second-order valence-electron chi connectivity index (χ2n) is 0.761. The number of nitrogens with zero attached hydrogens (tertiary/aromatic N) is 1. The van der Waals surface area contributed by atoms with E-state index in [1.807, 2.05) is 0 Å². The van der Waals surface area contributed by atoms with Crippen molar-refractivity contribution in [3.63, 3.8) is 0 Å². The summed E-state index contributed by atoms with van der Waals surface area (Å²) in [5.41, 5.74) is 0. The van der Waals surface area contributed by atoms with Gasteiger partial charge in [-0.3, -0.25) is 0 Å². The molecular weight excluding hydrogens is 116 g/mol. The van der Waals surface area contributed by atoms with Gasteiger partial charge in [0.05, 0.1) is 6.33 Å². The van der Waals surface area contributed by atoms with Crippen LogP contribution in [0.2, 0.25) is 0 Å². The molecule has 1 N–H and O–H groups in total. The second kappa shape index (κ2) is 2.95. The zero-order valence-electron chi connectivity index (χ0n) is 3.09. The van der Waals surface area contributed by atoms with Crippen LogP contribution in [0.5, 0.6) is 0 Å². The van der Waals surface area contributed by atoms with Crippen LogP contribution < -0.4 is 0 Å². The molecule has 1 aromatic rings. The molecule has 1 aromatic heterocycles. The van der Waals surface area contributed by atoms with Gasteiger partial charge in [0.25, 0.3) is 0 Å². The van der Waals surface area contributed by atoms with E-state index in [2.05, 4.69) is 9.97 Å². The zero-order chi connectivity index (χ0) is 3.54. The largest absolute Gasteiger partial charge is 0.351 e. The van der Waals surface area contributed by atoms with E-state index in [1.165, 1.54) is 0 Å². The van der Waals surface area contributed by atoms with E-state index in [4.69, 9.17) is 0 Å². The Balaban J connectivity index is 0.000000250. The van der Waals surface area contributed by atoms with Crippen molar-refractivity contribution in [2.45, 2.75) is 0 Å². The molecule has 6 heavy (non-hydrogen) atoms. The topological polar surface area (TPSA) is 28.7 Å². The molecule has 0 saturated carbocycles. The maximum Gasteiger partial charge on any atom is 0.0919 e. The normalized spacial score (nSPS) is 6.67. The minimum atomic E-state index is 0. The SMILES string of the molecule is [Cr].c1c[nH]cn1. The summed E-state index contributed by atoms with van der Waals surface area (Å²) in [5, 5.41) is 0. The summed E-state index contributed by atoms with van der Waals surface area (Å²) in [6.45, 7) is 0. The summed E-state index contributed by atoms with van der Waals surface area (Å²) in [4.78, 5) is 6.42. The molecule has 0 atom stereocenters. The Morgan fingerprint density at radius 2 is 2.33 bits per heavy atom. The van der Waals surface area contributed by atoms with Gasteiger partial charge in [-0.15, -0.1) is 0 Å². The number of hydrogen-bond acceptors (Lipinski definition) is 1. The Morgan fingerprint density at radius 3 is 2.50 bits per heavy atom. The minimum absolute atomic E-state index is 0. The fourth-order valence-electron chi connectivity index (χ4n) is 0.215. The first-order valence-corrected chi connectivity index (χ1v) is 1.43. The smallest absolute Gasteiger partial charge is 0.0919 e. The second-order valence-corrected chi connectivity index (χ2v) is 0.761. The maximum atomic E-state index is 3.67. The molecule has 0 amide bonds. The molecule has 0 aliphatic heterocycles. The first-order valence-electron chi connectivity index (χ1n) is 1.43. The standard InChI is InChI=1S/C3H4N2.Cr/c1-2-5-3-4-1;/h1-3H,(H,4,5);. The molecule has 0 fully saturated rings. The molecule has 3 heteroatoms. The first kappa shape index (κ1) is 5.74. The van der Waals surface area contributed by atoms with Crippen LogP contribution in [-0.4, -0.2) is 9.97 Å². The van der Waals surface area contributed by atoms with Crippen LogP contribution >= 0.6 is 0 Å². The Labute approximate surface area is 46.7 Å². The van der Waals surface area contributed by atoms with Gasteiger partial charge in [0, 0.05) is 29.8 Å². The number of H-pyrrole nitrogens is 1. The third-order valence-electron chi connectivity index (χ3n) is 0.406. The predicted octanol–water partition coefficient (Wildman–Crippen LogP) is 0.407. The predicted molar refractivity (Wildman–Crippen MR) is 18.6 cm³/mol. The maximum absolute atomic E-state index is 3.67. The van der Waals surface area contributed by atoms with E-state index in [9.17, 15) is 0 Å². The number of imidazole rings is 1. The van der Waals surface area contributed by atoms with Gasteiger partial charge in [0.15, 0.2) is 0 Å². The van der Waals surface area contributed by atoms with E-state index in [0.29, 0.717) is 0 Å². The average molecular weight is 120 g/mol. The van der Waals surface area contributed by atoms with E-state index in [0.717, 1.165) is 0 Å². The number of aromatic nitrogens is 2. The third-order valence-corrected chi connectivity index (χ3v) is 0.406.